The molecule has 1 aliphatic rings. The summed E-state index contributed by atoms with van der Waals surface area (Å²) in [6, 6.07) is -1.12. The van der Waals surface area contributed by atoms with Crippen molar-refractivity contribution < 1.29 is 27.5 Å². The number of ether oxygens (including phenoxy) is 1. The summed E-state index contributed by atoms with van der Waals surface area (Å²) >= 11 is 0. The number of alkyl halides is 3. The van der Waals surface area contributed by atoms with Gasteiger partial charge in [0.25, 0.3) is 0 Å². The quantitative estimate of drug-likeness (QED) is 0.818. The highest BCUT2D eigenvalue weighted by molar-refractivity contribution is 5.74. The maximum absolute atomic E-state index is 12.1. The summed E-state index contributed by atoms with van der Waals surface area (Å²) in [4.78, 5) is 24.6. The highest BCUT2D eigenvalue weighted by Gasteiger charge is 2.31. The van der Waals surface area contributed by atoms with E-state index in [0.717, 1.165) is 0 Å². The highest BCUT2D eigenvalue weighted by atomic mass is 19.4. The molecule has 0 saturated carbocycles. The minimum absolute atomic E-state index is 0.156. The first kappa shape index (κ1) is 18.4. The van der Waals surface area contributed by atoms with E-state index >= 15 is 0 Å². The molecule has 3 amide bonds. The van der Waals surface area contributed by atoms with Crippen LogP contribution in [0.25, 0.3) is 0 Å². The van der Waals surface area contributed by atoms with Crippen LogP contribution in [0.5, 0.6) is 0 Å². The summed E-state index contributed by atoms with van der Waals surface area (Å²) in [7, 11) is 0. The Hall–Kier alpha value is -1.67. The minimum Gasteiger partial charge on any atom is -0.444 e. The lowest BCUT2D eigenvalue weighted by molar-refractivity contribution is -0.123. The van der Waals surface area contributed by atoms with Gasteiger partial charge in [-0.3, -0.25) is 0 Å². The van der Waals surface area contributed by atoms with Crippen LogP contribution in [0.1, 0.15) is 33.6 Å². The molecule has 1 atom stereocenters. The normalized spacial score (nSPS) is 19.5. The van der Waals surface area contributed by atoms with Crippen molar-refractivity contribution in [2.75, 3.05) is 19.6 Å². The maximum Gasteiger partial charge on any atom is 0.407 e. The molecule has 22 heavy (non-hydrogen) atoms. The fourth-order valence-electron chi connectivity index (χ4n) is 2.04. The number of rotatable bonds is 2. The lowest BCUT2D eigenvalue weighted by Gasteiger charge is -2.33. The largest absolute Gasteiger partial charge is 0.444 e. The molecule has 2 N–H and O–H groups in total. The van der Waals surface area contributed by atoms with Crippen LogP contribution in [0.15, 0.2) is 0 Å². The van der Waals surface area contributed by atoms with Gasteiger partial charge >= 0.3 is 18.3 Å². The van der Waals surface area contributed by atoms with E-state index in [-0.39, 0.29) is 12.6 Å². The molecule has 1 fully saturated rings. The molecule has 1 aliphatic heterocycles. The number of piperidine rings is 1. The molecule has 0 aromatic rings. The summed E-state index contributed by atoms with van der Waals surface area (Å²) in [5, 5.41) is 4.45. The van der Waals surface area contributed by atoms with E-state index in [9.17, 15) is 22.8 Å². The second-order valence-corrected chi connectivity index (χ2v) is 6.21. The van der Waals surface area contributed by atoms with Gasteiger partial charge in [0.05, 0.1) is 0 Å². The molecule has 1 saturated heterocycles. The lowest BCUT2D eigenvalue weighted by Crippen LogP contribution is -2.53. The van der Waals surface area contributed by atoms with Gasteiger partial charge in [0.2, 0.25) is 0 Å². The van der Waals surface area contributed by atoms with Gasteiger partial charge in [-0.15, -0.1) is 0 Å². The Balaban J connectivity index is 2.44. The van der Waals surface area contributed by atoms with Gasteiger partial charge in [-0.05, 0) is 33.6 Å². The van der Waals surface area contributed by atoms with E-state index in [4.69, 9.17) is 4.74 Å². The summed E-state index contributed by atoms with van der Waals surface area (Å²) < 4.78 is 41.4. The summed E-state index contributed by atoms with van der Waals surface area (Å²) in [5.41, 5.74) is -0.636. The number of likely N-dealkylation sites (tertiary alicyclic amines) is 1. The van der Waals surface area contributed by atoms with Crippen molar-refractivity contribution in [3.8, 4) is 0 Å². The van der Waals surface area contributed by atoms with Crippen molar-refractivity contribution in [3.05, 3.63) is 0 Å². The Morgan fingerprint density at radius 2 is 1.91 bits per heavy atom. The van der Waals surface area contributed by atoms with Crippen LogP contribution in [0.2, 0.25) is 0 Å². The molecular formula is C13H22F3N3O3. The Morgan fingerprint density at radius 1 is 1.27 bits per heavy atom. The van der Waals surface area contributed by atoms with E-state index < -0.39 is 30.4 Å². The first-order chi connectivity index (χ1) is 9.96. The third-order valence-corrected chi connectivity index (χ3v) is 2.87. The standard InChI is InChI=1S/C13H22F3N3O3/c1-12(2,3)22-11(21)18-9-5-4-6-19(7-9)10(20)17-8-13(14,15)16/h9H,4-8H2,1-3H3,(H,17,20)(H,18,21). The van der Waals surface area contributed by atoms with Crippen LogP contribution in [-0.4, -0.2) is 54.5 Å². The molecule has 9 heteroatoms. The second-order valence-electron chi connectivity index (χ2n) is 6.21. The SMILES string of the molecule is CC(C)(C)OC(=O)NC1CCCN(C(=O)NCC(F)(F)F)C1. The Kier molecular flexibility index (Phi) is 5.90. The number of alkyl carbamates (subject to hydrolysis) is 1. The number of hydrogen-bond acceptors (Lipinski definition) is 3. The van der Waals surface area contributed by atoms with Gasteiger partial charge < -0.3 is 20.3 Å². The predicted octanol–water partition coefficient (Wildman–Crippen LogP) is 2.25. The van der Waals surface area contributed by atoms with E-state index in [1.165, 1.54) is 4.90 Å². The monoisotopic (exact) mass is 325 g/mol. The molecule has 0 aromatic heterocycles. The van der Waals surface area contributed by atoms with Crippen LogP contribution >= 0.6 is 0 Å². The zero-order valence-electron chi connectivity index (χ0n) is 12.9. The number of amides is 3. The first-order valence-electron chi connectivity index (χ1n) is 7.05. The molecule has 1 heterocycles. The molecule has 0 radical (unpaired) electrons. The Labute approximate surface area is 127 Å². The van der Waals surface area contributed by atoms with Crippen molar-refractivity contribution in [1.82, 2.24) is 15.5 Å². The van der Waals surface area contributed by atoms with Crippen LogP contribution < -0.4 is 10.6 Å². The first-order valence-corrected chi connectivity index (χ1v) is 7.05. The van der Waals surface area contributed by atoms with Gasteiger partial charge in [-0.2, -0.15) is 13.2 Å². The average Bonchev–Trinajstić information content (AvgIpc) is 2.33. The summed E-state index contributed by atoms with van der Waals surface area (Å²) in [6.45, 7) is 4.32. The Bertz CT molecular complexity index is 408. The van der Waals surface area contributed by atoms with Crippen molar-refractivity contribution in [1.29, 1.82) is 0 Å². The second kappa shape index (κ2) is 7.06. The predicted molar refractivity (Wildman–Crippen MR) is 73.4 cm³/mol. The molecule has 0 aliphatic carbocycles. The zero-order chi connectivity index (χ0) is 17.0. The summed E-state index contributed by atoms with van der Waals surface area (Å²) in [5.74, 6) is 0. The van der Waals surface area contributed by atoms with Crippen molar-refractivity contribution in [2.45, 2.75) is 51.4 Å². The van der Waals surface area contributed by atoms with E-state index in [2.05, 4.69) is 5.32 Å². The fourth-order valence-corrected chi connectivity index (χ4v) is 2.04. The molecule has 0 aromatic carbocycles. The van der Waals surface area contributed by atoms with E-state index in [0.29, 0.717) is 19.4 Å². The number of nitrogens with one attached hydrogen (secondary N) is 2. The number of carbonyl (C=O) groups is 2. The molecule has 128 valence electrons. The number of urea groups is 1. The van der Waals surface area contributed by atoms with E-state index in [1.807, 2.05) is 5.32 Å². The van der Waals surface area contributed by atoms with Crippen molar-refractivity contribution >= 4 is 12.1 Å². The number of halogens is 3. The van der Waals surface area contributed by atoms with Gasteiger partial charge in [0.15, 0.2) is 0 Å². The third kappa shape index (κ3) is 7.37. The zero-order valence-corrected chi connectivity index (χ0v) is 12.9. The Morgan fingerprint density at radius 3 is 2.45 bits per heavy atom. The van der Waals surface area contributed by atoms with Crippen molar-refractivity contribution in [2.24, 2.45) is 0 Å². The van der Waals surface area contributed by atoms with Gasteiger partial charge in [-0.25, -0.2) is 9.59 Å². The van der Waals surface area contributed by atoms with Crippen LogP contribution in [0.4, 0.5) is 22.8 Å². The number of hydrogen-bond donors (Lipinski definition) is 2. The number of carbonyl (C=O) groups excluding carboxylic acids is 2. The van der Waals surface area contributed by atoms with Crippen molar-refractivity contribution in [3.63, 3.8) is 0 Å². The van der Waals surface area contributed by atoms with Crippen LogP contribution in [0.3, 0.4) is 0 Å². The molecule has 6 nitrogen and oxygen atoms in total. The van der Waals surface area contributed by atoms with Crippen LogP contribution in [-0.2, 0) is 4.74 Å². The molecular weight excluding hydrogens is 303 g/mol. The molecule has 0 spiro atoms. The topological polar surface area (TPSA) is 70.7 Å². The summed E-state index contributed by atoms with van der Waals surface area (Å²) in [6.07, 6.45) is -3.81. The average molecular weight is 325 g/mol. The van der Waals surface area contributed by atoms with Gasteiger partial charge in [-0.1, -0.05) is 0 Å². The maximum atomic E-state index is 12.1. The smallest absolute Gasteiger partial charge is 0.407 e. The highest BCUT2D eigenvalue weighted by Crippen LogP contribution is 2.14. The fraction of sp³-hybridized carbons (Fsp3) is 0.846. The third-order valence-electron chi connectivity index (χ3n) is 2.87. The molecule has 1 rings (SSSR count). The van der Waals surface area contributed by atoms with E-state index in [1.54, 1.807) is 20.8 Å². The molecule has 1 unspecified atom stereocenters. The lowest BCUT2D eigenvalue weighted by atomic mass is 10.1. The molecule has 0 bridgehead atoms. The van der Waals surface area contributed by atoms with Crippen LogP contribution in [0, 0.1) is 0 Å². The van der Waals surface area contributed by atoms with Gasteiger partial charge in [0.1, 0.15) is 12.1 Å². The minimum atomic E-state index is -4.44. The van der Waals surface area contributed by atoms with Gasteiger partial charge in [0, 0.05) is 19.1 Å². The number of nitrogens with zero attached hydrogens (tertiary/aromatic N) is 1.